The molecule has 0 saturated heterocycles. The maximum atomic E-state index is 12.7. The van der Waals surface area contributed by atoms with Gasteiger partial charge in [0.25, 0.3) is 0 Å². The van der Waals surface area contributed by atoms with E-state index >= 15 is 0 Å². The zero-order chi connectivity index (χ0) is 18.2. The van der Waals surface area contributed by atoms with Crippen molar-refractivity contribution in [2.45, 2.75) is 58.8 Å². The first kappa shape index (κ1) is 19.4. The van der Waals surface area contributed by atoms with Gasteiger partial charge in [0.05, 0.1) is 6.54 Å². The molecule has 2 amide bonds. The van der Waals surface area contributed by atoms with Crippen LogP contribution in [0.3, 0.4) is 0 Å². The average molecular weight is 345 g/mol. The minimum absolute atomic E-state index is 0.0263. The van der Waals surface area contributed by atoms with Crippen LogP contribution in [0.25, 0.3) is 0 Å². The summed E-state index contributed by atoms with van der Waals surface area (Å²) in [6.45, 7) is 4.08. The fourth-order valence-corrected chi connectivity index (χ4v) is 3.60. The SMILES string of the molecule is CCC(CC1CCCCC1)C(=O)N(C)CC(=O)Nc1ccc(C)cn1. The van der Waals surface area contributed by atoms with Crippen molar-refractivity contribution >= 4 is 17.6 Å². The molecule has 1 aliphatic rings. The number of likely N-dealkylation sites (N-methyl/N-ethyl adjacent to an activating group) is 1. The van der Waals surface area contributed by atoms with E-state index in [1.54, 1.807) is 24.2 Å². The standard InChI is InChI=1S/C20H31N3O2/c1-4-17(12-16-8-6-5-7-9-16)20(25)23(3)14-19(24)22-18-11-10-15(2)13-21-18/h10-11,13,16-17H,4-9,12,14H2,1-3H3,(H,21,22,24). The number of nitrogens with zero attached hydrogens (tertiary/aromatic N) is 2. The number of amides is 2. The Labute approximate surface area is 151 Å². The highest BCUT2D eigenvalue weighted by Crippen LogP contribution is 2.30. The Morgan fingerprint density at radius 2 is 2.00 bits per heavy atom. The second-order valence-corrected chi connectivity index (χ2v) is 7.31. The Morgan fingerprint density at radius 1 is 1.28 bits per heavy atom. The van der Waals surface area contributed by atoms with E-state index in [9.17, 15) is 9.59 Å². The summed E-state index contributed by atoms with van der Waals surface area (Å²) >= 11 is 0. The molecule has 5 nitrogen and oxygen atoms in total. The number of aryl methyl sites for hydroxylation is 1. The Kier molecular flexibility index (Phi) is 7.41. The first-order chi connectivity index (χ1) is 12.0. The predicted octanol–water partition coefficient (Wildman–Crippen LogP) is 3.78. The third-order valence-corrected chi connectivity index (χ3v) is 5.12. The lowest BCUT2D eigenvalue weighted by molar-refractivity contribution is -0.137. The van der Waals surface area contributed by atoms with Crippen molar-refractivity contribution in [1.29, 1.82) is 0 Å². The largest absolute Gasteiger partial charge is 0.336 e. The van der Waals surface area contributed by atoms with Gasteiger partial charge >= 0.3 is 0 Å². The molecule has 0 aromatic carbocycles. The van der Waals surface area contributed by atoms with E-state index in [1.807, 2.05) is 13.0 Å². The van der Waals surface area contributed by atoms with Crippen molar-refractivity contribution in [3.63, 3.8) is 0 Å². The van der Waals surface area contributed by atoms with E-state index in [0.29, 0.717) is 11.7 Å². The van der Waals surface area contributed by atoms with Gasteiger partial charge in [0.15, 0.2) is 0 Å². The van der Waals surface area contributed by atoms with Gasteiger partial charge in [-0.3, -0.25) is 9.59 Å². The Hall–Kier alpha value is -1.91. The molecule has 1 aliphatic carbocycles. The molecule has 1 unspecified atom stereocenters. The molecule has 2 rings (SSSR count). The first-order valence-corrected chi connectivity index (χ1v) is 9.47. The molecule has 0 spiro atoms. The Balaban J connectivity index is 1.84. The maximum absolute atomic E-state index is 12.7. The van der Waals surface area contributed by atoms with Crippen LogP contribution in [0.5, 0.6) is 0 Å². The normalized spacial score (nSPS) is 16.3. The molecule has 5 heteroatoms. The fraction of sp³-hybridized carbons (Fsp3) is 0.650. The van der Waals surface area contributed by atoms with Crippen molar-refractivity contribution in [3.8, 4) is 0 Å². The molecule has 1 heterocycles. The van der Waals surface area contributed by atoms with E-state index in [4.69, 9.17) is 0 Å². The van der Waals surface area contributed by atoms with Gasteiger partial charge in [-0.1, -0.05) is 45.1 Å². The number of carbonyl (C=O) groups excluding carboxylic acids is 2. The van der Waals surface area contributed by atoms with E-state index in [1.165, 1.54) is 32.1 Å². The molecule has 1 atom stereocenters. The van der Waals surface area contributed by atoms with Crippen molar-refractivity contribution in [2.75, 3.05) is 18.9 Å². The molecule has 0 bridgehead atoms. The van der Waals surface area contributed by atoms with Crippen LogP contribution in [0.1, 0.15) is 57.4 Å². The lowest BCUT2D eigenvalue weighted by Crippen LogP contribution is -2.39. The number of nitrogens with one attached hydrogen (secondary N) is 1. The van der Waals surface area contributed by atoms with Crippen molar-refractivity contribution in [3.05, 3.63) is 23.9 Å². The van der Waals surface area contributed by atoms with Gasteiger partial charge in [-0.25, -0.2) is 4.98 Å². The van der Waals surface area contributed by atoms with Crippen LogP contribution in [0.4, 0.5) is 5.82 Å². The second-order valence-electron chi connectivity index (χ2n) is 7.31. The van der Waals surface area contributed by atoms with Gasteiger partial charge in [0.2, 0.25) is 11.8 Å². The Bertz CT molecular complexity index is 565. The van der Waals surface area contributed by atoms with Gasteiger partial charge in [0.1, 0.15) is 5.82 Å². The zero-order valence-electron chi connectivity index (χ0n) is 15.8. The van der Waals surface area contributed by atoms with E-state index in [0.717, 1.165) is 18.4 Å². The highest BCUT2D eigenvalue weighted by atomic mass is 16.2. The molecule has 1 saturated carbocycles. The molecule has 1 aromatic rings. The number of carbonyl (C=O) groups is 2. The third-order valence-electron chi connectivity index (χ3n) is 5.12. The Morgan fingerprint density at radius 3 is 2.60 bits per heavy atom. The third kappa shape index (κ3) is 6.15. The molecule has 1 aromatic heterocycles. The smallest absolute Gasteiger partial charge is 0.245 e. The molecule has 0 radical (unpaired) electrons. The number of hydrogen-bond acceptors (Lipinski definition) is 3. The molecular weight excluding hydrogens is 314 g/mol. The van der Waals surface area contributed by atoms with Crippen LogP contribution in [-0.4, -0.2) is 35.3 Å². The molecular formula is C20H31N3O2. The summed E-state index contributed by atoms with van der Waals surface area (Å²) in [7, 11) is 1.72. The van der Waals surface area contributed by atoms with Crippen LogP contribution in [0.2, 0.25) is 0 Å². The monoisotopic (exact) mass is 345 g/mol. The summed E-state index contributed by atoms with van der Waals surface area (Å²) in [6.07, 6.45) is 9.89. The number of hydrogen-bond donors (Lipinski definition) is 1. The summed E-state index contributed by atoms with van der Waals surface area (Å²) in [5.74, 6) is 1.09. The summed E-state index contributed by atoms with van der Waals surface area (Å²) in [5.41, 5.74) is 1.04. The topological polar surface area (TPSA) is 62.3 Å². The zero-order valence-corrected chi connectivity index (χ0v) is 15.8. The minimum atomic E-state index is -0.209. The van der Waals surface area contributed by atoms with Gasteiger partial charge in [-0.2, -0.15) is 0 Å². The molecule has 138 valence electrons. The summed E-state index contributed by atoms with van der Waals surface area (Å²) < 4.78 is 0. The van der Waals surface area contributed by atoms with Crippen LogP contribution < -0.4 is 5.32 Å². The lowest BCUT2D eigenvalue weighted by Gasteiger charge is -2.28. The van der Waals surface area contributed by atoms with Gasteiger partial charge in [-0.15, -0.1) is 0 Å². The van der Waals surface area contributed by atoms with Gasteiger partial charge < -0.3 is 10.2 Å². The van der Waals surface area contributed by atoms with Gasteiger partial charge in [0, 0.05) is 19.2 Å². The van der Waals surface area contributed by atoms with Crippen LogP contribution >= 0.6 is 0 Å². The van der Waals surface area contributed by atoms with E-state index < -0.39 is 0 Å². The van der Waals surface area contributed by atoms with Crippen LogP contribution in [0, 0.1) is 18.8 Å². The van der Waals surface area contributed by atoms with Gasteiger partial charge in [-0.05, 0) is 37.3 Å². The lowest BCUT2D eigenvalue weighted by atomic mass is 9.81. The highest BCUT2D eigenvalue weighted by molar-refractivity contribution is 5.94. The molecule has 1 fully saturated rings. The first-order valence-electron chi connectivity index (χ1n) is 9.47. The quantitative estimate of drug-likeness (QED) is 0.818. The average Bonchev–Trinajstić information content (AvgIpc) is 2.61. The number of rotatable bonds is 7. The van der Waals surface area contributed by atoms with E-state index in [2.05, 4.69) is 17.2 Å². The summed E-state index contributed by atoms with van der Waals surface area (Å²) in [6, 6.07) is 3.67. The van der Waals surface area contributed by atoms with Crippen LogP contribution in [0.15, 0.2) is 18.3 Å². The summed E-state index contributed by atoms with van der Waals surface area (Å²) in [5, 5.41) is 2.75. The maximum Gasteiger partial charge on any atom is 0.245 e. The predicted molar refractivity (Wildman–Crippen MR) is 100 cm³/mol. The molecule has 0 aliphatic heterocycles. The molecule has 1 N–H and O–H groups in total. The van der Waals surface area contributed by atoms with Crippen LogP contribution in [-0.2, 0) is 9.59 Å². The number of aromatic nitrogens is 1. The molecule has 25 heavy (non-hydrogen) atoms. The minimum Gasteiger partial charge on any atom is -0.336 e. The van der Waals surface area contributed by atoms with Crippen molar-refractivity contribution in [2.24, 2.45) is 11.8 Å². The number of pyridine rings is 1. The van der Waals surface area contributed by atoms with Crippen molar-refractivity contribution in [1.82, 2.24) is 9.88 Å². The summed E-state index contributed by atoms with van der Waals surface area (Å²) in [4.78, 5) is 30.6. The van der Waals surface area contributed by atoms with Crippen molar-refractivity contribution < 1.29 is 9.59 Å². The van der Waals surface area contributed by atoms with E-state index in [-0.39, 0.29) is 24.3 Å². The second kappa shape index (κ2) is 9.54. The number of anilines is 1. The highest BCUT2D eigenvalue weighted by Gasteiger charge is 2.26. The fourth-order valence-electron chi connectivity index (χ4n) is 3.60.